The second-order valence-corrected chi connectivity index (χ2v) is 11.7. The second-order valence-electron chi connectivity index (χ2n) is 11.7. The van der Waals surface area contributed by atoms with Gasteiger partial charge in [-0.05, 0) is 63.1 Å². The Morgan fingerprint density at radius 1 is 1.02 bits per heavy atom. The van der Waals surface area contributed by atoms with Crippen LogP contribution in [-0.4, -0.2) is 33.6 Å². The first kappa shape index (κ1) is 27.6. The van der Waals surface area contributed by atoms with Gasteiger partial charge in [-0.25, -0.2) is 4.39 Å². The first-order valence-corrected chi connectivity index (χ1v) is 14.2. The fourth-order valence-electron chi connectivity index (χ4n) is 7.32. The molecule has 44 heavy (non-hydrogen) atoms. The Morgan fingerprint density at radius 2 is 1.80 bits per heavy atom. The highest BCUT2D eigenvalue weighted by Gasteiger charge is 2.67. The Labute approximate surface area is 251 Å². The number of nitrogens with zero attached hydrogens (tertiary/aromatic N) is 4. The van der Waals surface area contributed by atoms with Crippen molar-refractivity contribution >= 4 is 28.8 Å². The predicted octanol–water partition coefficient (Wildman–Crippen LogP) is 6.28. The maximum Gasteiger partial charge on any atom is 0.334 e. The number of ketones is 1. The fraction of sp³-hybridized carbons (Fsp3) is 0.273. The number of aromatic nitrogens is 1. The molecule has 11 heteroatoms. The van der Waals surface area contributed by atoms with Crippen LogP contribution in [0.1, 0.15) is 58.1 Å². The van der Waals surface area contributed by atoms with Crippen molar-refractivity contribution in [2.75, 3.05) is 5.01 Å². The number of rotatable bonds is 4. The van der Waals surface area contributed by atoms with Gasteiger partial charge in [0.1, 0.15) is 17.7 Å². The second kappa shape index (κ2) is 9.94. The molecule has 5 atom stereocenters. The third-order valence-corrected chi connectivity index (χ3v) is 9.20. The van der Waals surface area contributed by atoms with Crippen LogP contribution in [0.25, 0.3) is 0 Å². The van der Waals surface area contributed by atoms with Crippen molar-refractivity contribution in [3.05, 3.63) is 117 Å². The Morgan fingerprint density at radius 3 is 2.52 bits per heavy atom. The molecule has 0 radical (unpaired) electrons. The number of hydrazone groups is 1. The average molecular weight is 595 g/mol. The summed E-state index contributed by atoms with van der Waals surface area (Å²) in [7, 11) is 0. The van der Waals surface area contributed by atoms with Crippen LogP contribution in [0.2, 0.25) is 0 Å². The van der Waals surface area contributed by atoms with Gasteiger partial charge in [0, 0.05) is 5.92 Å². The Kier molecular flexibility index (Phi) is 6.24. The van der Waals surface area contributed by atoms with Gasteiger partial charge in [0.05, 0.1) is 39.1 Å². The van der Waals surface area contributed by atoms with E-state index in [1.165, 1.54) is 24.1 Å². The van der Waals surface area contributed by atoms with Crippen LogP contribution in [-0.2, 0) is 4.79 Å². The molecule has 0 bridgehead atoms. The zero-order valence-corrected chi connectivity index (χ0v) is 24.1. The first-order valence-electron chi connectivity index (χ1n) is 14.2. The predicted molar refractivity (Wildman–Crippen MR) is 157 cm³/mol. The lowest BCUT2D eigenvalue weighted by Crippen LogP contribution is -2.58. The van der Waals surface area contributed by atoms with Crippen molar-refractivity contribution in [3.8, 4) is 5.75 Å². The van der Waals surface area contributed by atoms with Crippen LogP contribution in [0.4, 0.5) is 15.8 Å². The van der Waals surface area contributed by atoms with Crippen molar-refractivity contribution in [2.24, 2.45) is 16.4 Å². The highest BCUT2D eigenvalue weighted by Crippen LogP contribution is 2.62. The lowest BCUT2D eigenvalue weighted by Gasteiger charge is -2.51. The fourth-order valence-corrected chi connectivity index (χ4v) is 7.32. The average Bonchev–Trinajstić information content (AvgIpc) is 3.51. The molecule has 222 valence electrons. The van der Waals surface area contributed by atoms with E-state index in [9.17, 15) is 24.1 Å². The molecule has 4 aromatic rings. The molecule has 3 aliphatic rings. The van der Waals surface area contributed by atoms with E-state index < -0.39 is 45.8 Å². The van der Waals surface area contributed by atoms with E-state index in [1.54, 1.807) is 31.2 Å². The van der Waals surface area contributed by atoms with Crippen molar-refractivity contribution in [2.45, 2.75) is 45.1 Å². The first-order chi connectivity index (χ1) is 21.1. The number of amides is 1. The van der Waals surface area contributed by atoms with E-state index in [4.69, 9.17) is 14.4 Å². The summed E-state index contributed by atoms with van der Waals surface area (Å²) in [5.74, 6) is -4.15. The van der Waals surface area contributed by atoms with E-state index in [0.717, 1.165) is 11.6 Å². The number of hydrogen-bond acceptors (Lipinski definition) is 8. The van der Waals surface area contributed by atoms with Crippen LogP contribution in [0.3, 0.4) is 0 Å². The Hall–Kier alpha value is -5.19. The Bertz CT molecular complexity index is 1890. The molecule has 1 aliphatic carbocycles. The molecule has 1 spiro atoms. The normalized spacial score (nSPS) is 25.8. The van der Waals surface area contributed by atoms with Crippen LogP contribution in [0.15, 0.2) is 82.4 Å². The number of anilines is 1. The third kappa shape index (κ3) is 3.91. The summed E-state index contributed by atoms with van der Waals surface area (Å²) in [6.07, 6.45) is -1.01. The summed E-state index contributed by atoms with van der Waals surface area (Å²) >= 11 is 0. The lowest BCUT2D eigenvalue weighted by atomic mass is 9.52. The molecule has 0 unspecified atom stereocenters. The van der Waals surface area contributed by atoms with Gasteiger partial charge in [-0.1, -0.05) is 53.2 Å². The maximum absolute atomic E-state index is 14.9. The number of nitro groups is 1. The minimum Gasteiger partial charge on any atom is -0.488 e. The molecule has 1 aromatic heterocycles. The summed E-state index contributed by atoms with van der Waals surface area (Å²) in [6, 6.07) is 20.2. The van der Waals surface area contributed by atoms with Gasteiger partial charge in [-0.2, -0.15) is 10.1 Å². The molecule has 0 saturated heterocycles. The van der Waals surface area contributed by atoms with E-state index in [1.807, 2.05) is 37.3 Å². The number of fused-ring (bicyclic) bond motifs is 2. The lowest BCUT2D eigenvalue weighted by molar-refractivity contribution is -0.387. The topological polar surface area (TPSA) is 128 Å². The van der Waals surface area contributed by atoms with E-state index >= 15 is 0 Å². The largest absolute Gasteiger partial charge is 0.488 e. The molecular formula is C33H27FN4O6. The van der Waals surface area contributed by atoms with Crippen molar-refractivity contribution in [1.29, 1.82) is 0 Å². The summed E-state index contributed by atoms with van der Waals surface area (Å²) < 4.78 is 26.6. The highest BCUT2D eigenvalue weighted by atomic mass is 19.1. The van der Waals surface area contributed by atoms with Gasteiger partial charge in [-0.3, -0.25) is 19.7 Å². The number of Topliss-reactive ketones (excluding diaryl/α,β-unsaturated/α-hetero) is 1. The smallest absolute Gasteiger partial charge is 0.334 e. The standard InChI is InChI=1S/C33H27FN4O6/c1-17-8-7-9-20(14-17)27-26(31-28(38(41)42)18(2)36-44-31)30-24(29(39)23-15-21(34)12-13-25(23)43-30)16-33(27)19(3)35-37(32(33)40)22-10-5-4-6-11-22/h4-15,24,26-27,30H,16H2,1-3H3/t24-,26-,27-,30-,33-/m1/s1. The summed E-state index contributed by atoms with van der Waals surface area (Å²) in [4.78, 5) is 41.0. The van der Waals surface area contributed by atoms with Crippen molar-refractivity contribution in [3.63, 3.8) is 0 Å². The molecule has 1 saturated carbocycles. The Balaban J connectivity index is 1.52. The summed E-state index contributed by atoms with van der Waals surface area (Å²) in [5.41, 5.74) is 0.922. The maximum atomic E-state index is 14.9. The minimum absolute atomic E-state index is 0.0139. The summed E-state index contributed by atoms with van der Waals surface area (Å²) in [6.45, 7) is 5.12. The molecule has 3 aromatic carbocycles. The zero-order valence-electron chi connectivity index (χ0n) is 24.1. The molecule has 0 N–H and O–H groups in total. The van der Waals surface area contributed by atoms with E-state index in [0.29, 0.717) is 17.0 Å². The van der Waals surface area contributed by atoms with Crippen molar-refractivity contribution in [1.82, 2.24) is 5.16 Å². The van der Waals surface area contributed by atoms with Gasteiger partial charge in [0.2, 0.25) is 5.76 Å². The number of hydrogen-bond donors (Lipinski definition) is 0. The quantitative estimate of drug-likeness (QED) is 0.201. The van der Waals surface area contributed by atoms with Gasteiger partial charge in [0.25, 0.3) is 5.91 Å². The van der Waals surface area contributed by atoms with Gasteiger partial charge < -0.3 is 9.26 Å². The zero-order chi connectivity index (χ0) is 30.9. The van der Waals surface area contributed by atoms with Gasteiger partial charge in [0.15, 0.2) is 11.5 Å². The van der Waals surface area contributed by atoms with Gasteiger partial charge in [-0.15, -0.1) is 0 Å². The molecule has 3 heterocycles. The van der Waals surface area contributed by atoms with Crippen molar-refractivity contribution < 1.29 is 28.2 Å². The van der Waals surface area contributed by atoms with Crippen LogP contribution in [0.5, 0.6) is 5.75 Å². The van der Waals surface area contributed by atoms with Crippen LogP contribution in [0, 0.1) is 41.1 Å². The van der Waals surface area contributed by atoms with E-state index in [-0.39, 0.29) is 40.8 Å². The minimum atomic E-state index is -1.44. The molecule has 1 fully saturated rings. The number of carbonyl (C=O) groups excluding carboxylic acids is 2. The molecule has 1 amide bonds. The van der Waals surface area contributed by atoms with E-state index in [2.05, 4.69) is 5.16 Å². The monoisotopic (exact) mass is 594 g/mol. The van der Waals surface area contributed by atoms with Crippen LogP contribution >= 0.6 is 0 Å². The third-order valence-electron chi connectivity index (χ3n) is 9.20. The molecule has 2 aliphatic heterocycles. The number of halogens is 1. The number of aryl methyl sites for hydroxylation is 2. The summed E-state index contributed by atoms with van der Waals surface area (Å²) in [5, 5.41) is 22.5. The highest BCUT2D eigenvalue weighted by molar-refractivity contribution is 6.20. The molecule has 7 rings (SSSR count). The number of carbonyl (C=O) groups is 2. The molecular weight excluding hydrogens is 567 g/mol. The number of ether oxygens (including phenoxy) is 1. The molecule has 10 nitrogen and oxygen atoms in total. The number of para-hydroxylation sites is 1. The SMILES string of the molecule is CC1=NN(c2ccccc2)C(=O)[C@]12C[C@@H]1C(=O)c3cc(F)ccc3O[C@H]1[C@H](c1onc(C)c1[N+](=O)[O-])[C@H]2c1cccc(C)c1. The number of benzene rings is 3. The van der Waals surface area contributed by atoms with Crippen LogP contribution < -0.4 is 9.75 Å². The van der Waals surface area contributed by atoms with Gasteiger partial charge >= 0.3 is 5.69 Å².